The van der Waals surface area contributed by atoms with Crippen molar-refractivity contribution in [1.29, 1.82) is 0 Å². The summed E-state index contributed by atoms with van der Waals surface area (Å²) in [4.78, 5) is 21.0. The Labute approximate surface area is 142 Å². The molecule has 5 nitrogen and oxygen atoms in total. The van der Waals surface area contributed by atoms with Crippen molar-refractivity contribution in [2.24, 2.45) is 0 Å². The van der Waals surface area contributed by atoms with Gasteiger partial charge in [0.05, 0.1) is 12.8 Å². The van der Waals surface area contributed by atoms with E-state index >= 15 is 0 Å². The molecule has 1 aliphatic rings. The van der Waals surface area contributed by atoms with Gasteiger partial charge in [0.1, 0.15) is 5.76 Å². The third kappa shape index (κ3) is 4.32. The van der Waals surface area contributed by atoms with Gasteiger partial charge >= 0.3 is 0 Å². The molecule has 3 heterocycles. The molecule has 0 aliphatic carbocycles. The quantitative estimate of drug-likeness (QED) is 0.793. The van der Waals surface area contributed by atoms with Crippen molar-refractivity contribution >= 4 is 12.0 Å². The van der Waals surface area contributed by atoms with Crippen molar-refractivity contribution in [2.45, 2.75) is 25.4 Å². The number of furan rings is 1. The van der Waals surface area contributed by atoms with Crippen LogP contribution in [0.25, 0.3) is 6.08 Å². The van der Waals surface area contributed by atoms with Gasteiger partial charge in [0.25, 0.3) is 0 Å². The van der Waals surface area contributed by atoms with Gasteiger partial charge in [-0.25, -0.2) is 0 Å². The zero-order chi connectivity index (χ0) is 16.8. The smallest absolute Gasteiger partial charge is 0.247 e. The van der Waals surface area contributed by atoms with Crippen LogP contribution in [0.3, 0.4) is 0 Å². The lowest BCUT2D eigenvalue weighted by Gasteiger charge is -2.36. The Bertz CT molecular complexity index is 659. The van der Waals surface area contributed by atoms with Crippen molar-refractivity contribution in [2.75, 3.05) is 20.1 Å². The van der Waals surface area contributed by atoms with Crippen LogP contribution in [-0.2, 0) is 11.3 Å². The summed E-state index contributed by atoms with van der Waals surface area (Å²) in [6, 6.07) is 7.80. The standard InChI is InChI=1S/C19H23N3O2/c1-21-12-8-17(9-13-21)22(15-18-3-2-14-24-18)19(23)5-4-16-6-10-20-11-7-16/h2-7,10-11,14,17H,8-9,12-13,15H2,1H3/b5-4-. The van der Waals surface area contributed by atoms with Gasteiger partial charge in [-0.3, -0.25) is 9.78 Å². The van der Waals surface area contributed by atoms with Gasteiger partial charge in [0, 0.05) is 24.5 Å². The molecule has 1 aliphatic heterocycles. The largest absolute Gasteiger partial charge is 0.467 e. The van der Waals surface area contributed by atoms with Gasteiger partial charge in [0.2, 0.25) is 5.91 Å². The van der Waals surface area contributed by atoms with Gasteiger partial charge in [-0.1, -0.05) is 0 Å². The first kappa shape index (κ1) is 16.5. The van der Waals surface area contributed by atoms with Crippen molar-refractivity contribution in [1.82, 2.24) is 14.8 Å². The average Bonchev–Trinajstić information content (AvgIpc) is 3.13. The molecule has 1 fully saturated rings. The highest BCUT2D eigenvalue weighted by atomic mass is 16.3. The molecule has 0 radical (unpaired) electrons. The zero-order valence-electron chi connectivity index (χ0n) is 14.0. The van der Waals surface area contributed by atoms with Crippen LogP contribution < -0.4 is 0 Å². The monoisotopic (exact) mass is 325 g/mol. The molecule has 2 aromatic heterocycles. The maximum Gasteiger partial charge on any atom is 0.247 e. The van der Waals surface area contributed by atoms with Crippen LogP contribution in [0.1, 0.15) is 24.2 Å². The summed E-state index contributed by atoms with van der Waals surface area (Å²) < 4.78 is 5.45. The third-order valence-corrected chi connectivity index (χ3v) is 4.44. The second kappa shape index (κ2) is 7.93. The van der Waals surface area contributed by atoms with E-state index in [4.69, 9.17) is 4.42 Å². The SMILES string of the molecule is CN1CCC(N(Cc2ccco2)C(=O)/C=C\c2ccncc2)CC1. The Balaban J connectivity index is 1.73. The minimum Gasteiger partial charge on any atom is -0.467 e. The molecule has 0 unspecified atom stereocenters. The van der Waals surface area contributed by atoms with E-state index in [0.717, 1.165) is 37.3 Å². The molecule has 0 spiro atoms. The number of piperidine rings is 1. The minimum absolute atomic E-state index is 0.0257. The molecular formula is C19H23N3O2. The molecule has 5 heteroatoms. The van der Waals surface area contributed by atoms with E-state index < -0.39 is 0 Å². The summed E-state index contributed by atoms with van der Waals surface area (Å²) in [5.74, 6) is 0.845. The van der Waals surface area contributed by atoms with Gasteiger partial charge in [-0.2, -0.15) is 0 Å². The van der Waals surface area contributed by atoms with Crippen LogP contribution in [0.15, 0.2) is 53.4 Å². The predicted octanol–water partition coefficient (Wildman–Crippen LogP) is 2.81. The summed E-state index contributed by atoms with van der Waals surface area (Å²) in [6.45, 7) is 2.54. The van der Waals surface area contributed by atoms with Crippen LogP contribution in [0.5, 0.6) is 0 Å². The van der Waals surface area contributed by atoms with Crippen LogP contribution >= 0.6 is 0 Å². The van der Waals surface area contributed by atoms with Crippen LogP contribution in [0.4, 0.5) is 0 Å². The van der Waals surface area contributed by atoms with E-state index in [1.54, 1.807) is 24.7 Å². The Morgan fingerprint density at radius 1 is 1.33 bits per heavy atom. The number of aromatic nitrogens is 1. The maximum absolute atomic E-state index is 12.8. The summed E-state index contributed by atoms with van der Waals surface area (Å²) >= 11 is 0. The number of rotatable bonds is 5. The Hall–Kier alpha value is -2.40. The predicted molar refractivity (Wildman–Crippen MR) is 93.0 cm³/mol. The lowest BCUT2D eigenvalue weighted by Crippen LogP contribution is -2.45. The molecule has 2 aromatic rings. The third-order valence-electron chi connectivity index (χ3n) is 4.44. The van der Waals surface area contributed by atoms with Crippen LogP contribution in [0.2, 0.25) is 0 Å². The fourth-order valence-corrected chi connectivity index (χ4v) is 3.00. The Morgan fingerprint density at radius 2 is 2.08 bits per heavy atom. The van der Waals surface area contributed by atoms with E-state index in [2.05, 4.69) is 16.9 Å². The normalized spacial score (nSPS) is 16.5. The van der Waals surface area contributed by atoms with Gasteiger partial charge in [-0.05, 0) is 68.9 Å². The fraction of sp³-hybridized carbons (Fsp3) is 0.368. The van der Waals surface area contributed by atoms with E-state index in [-0.39, 0.29) is 11.9 Å². The number of nitrogens with zero attached hydrogens (tertiary/aromatic N) is 3. The van der Waals surface area contributed by atoms with Crippen molar-refractivity contribution in [3.05, 3.63) is 60.3 Å². The molecule has 24 heavy (non-hydrogen) atoms. The first-order chi connectivity index (χ1) is 11.7. The molecule has 1 amide bonds. The molecule has 0 atom stereocenters. The number of likely N-dealkylation sites (tertiary alicyclic amines) is 1. The first-order valence-electron chi connectivity index (χ1n) is 8.32. The van der Waals surface area contributed by atoms with Crippen molar-refractivity contribution in [3.63, 3.8) is 0 Å². The molecule has 0 bridgehead atoms. The number of amides is 1. The lowest BCUT2D eigenvalue weighted by molar-refractivity contribution is -0.130. The molecule has 1 saturated heterocycles. The average molecular weight is 325 g/mol. The van der Waals surface area contributed by atoms with E-state index in [9.17, 15) is 4.79 Å². The number of pyridine rings is 1. The number of hydrogen-bond acceptors (Lipinski definition) is 4. The highest BCUT2D eigenvalue weighted by Gasteiger charge is 2.26. The highest BCUT2D eigenvalue weighted by Crippen LogP contribution is 2.19. The molecule has 3 rings (SSSR count). The Morgan fingerprint density at radius 3 is 2.75 bits per heavy atom. The van der Waals surface area contributed by atoms with Crippen LogP contribution in [-0.4, -0.2) is 46.9 Å². The van der Waals surface area contributed by atoms with E-state index in [0.29, 0.717) is 6.54 Å². The molecular weight excluding hydrogens is 302 g/mol. The maximum atomic E-state index is 12.8. The molecule has 0 aromatic carbocycles. The summed E-state index contributed by atoms with van der Waals surface area (Å²) in [7, 11) is 2.12. The van der Waals surface area contributed by atoms with E-state index in [1.807, 2.05) is 35.2 Å². The number of carbonyl (C=O) groups excluding carboxylic acids is 1. The highest BCUT2D eigenvalue weighted by molar-refractivity contribution is 5.92. The van der Waals surface area contributed by atoms with E-state index in [1.165, 1.54) is 0 Å². The zero-order valence-corrected chi connectivity index (χ0v) is 14.0. The van der Waals surface area contributed by atoms with Gasteiger partial charge in [-0.15, -0.1) is 0 Å². The van der Waals surface area contributed by atoms with Gasteiger partial charge < -0.3 is 14.2 Å². The Kier molecular flexibility index (Phi) is 5.43. The first-order valence-corrected chi connectivity index (χ1v) is 8.32. The summed E-state index contributed by atoms with van der Waals surface area (Å²) in [6.07, 6.45) is 10.6. The van der Waals surface area contributed by atoms with Crippen molar-refractivity contribution < 1.29 is 9.21 Å². The molecule has 0 N–H and O–H groups in total. The topological polar surface area (TPSA) is 49.6 Å². The minimum atomic E-state index is 0.0257. The number of carbonyl (C=O) groups is 1. The second-order valence-electron chi connectivity index (χ2n) is 6.19. The van der Waals surface area contributed by atoms with Crippen molar-refractivity contribution in [3.8, 4) is 0 Å². The summed E-state index contributed by atoms with van der Waals surface area (Å²) in [5.41, 5.74) is 0.972. The summed E-state index contributed by atoms with van der Waals surface area (Å²) in [5, 5.41) is 0. The number of hydrogen-bond donors (Lipinski definition) is 0. The van der Waals surface area contributed by atoms with Gasteiger partial charge in [0.15, 0.2) is 0 Å². The second-order valence-corrected chi connectivity index (χ2v) is 6.19. The fourth-order valence-electron chi connectivity index (χ4n) is 3.00. The molecule has 126 valence electrons. The molecule has 0 saturated carbocycles. The van der Waals surface area contributed by atoms with Crippen LogP contribution in [0, 0.1) is 0 Å². The lowest BCUT2D eigenvalue weighted by atomic mass is 10.0.